The minimum atomic E-state index is -0.825. The summed E-state index contributed by atoms with van der Waals surface area (Å²) < 4.78 is 44.3. The van der Waals surface area contributed by atoms with Crippen molar-refractivity contribution in [2.45, 2.75) is 58.3 Å². The van der Waals surface area contributed by atoms with Gasteiger partial charge in [-0.2, -0.15) is 0 Å². The van der Waals surface area contributed by atoms with Gasteiger partial charge in [-0.25, -0.2) is 13.2 Å². The van der Waals surface area contributed by atoms with Gasteiger partial charge < -0.3 is 0 Å². The minimum absolute atomic E-state index is 0.223. The average molecular weight is 475 g/mol. The molecule has 0 spiro atoms. The standard InChI is InChI=1S/C32H33F3/c1-3-5-7-22-9-11-23(12-10-22)27-18-19-28(30(33)21-27)24-13-15-25(16-14-24)29-20-17-26(8-6-4-2)31(34)32(29)35/h3,11,13-22H,1,4-10,12H2,2H3. The number of allylic oxidation sites excluding steroid dienone is 3. The first-order valence-corrected chi connectivity index (χ1v) is 12.7. The third kappa shape index (κ3) is 5.78. The van der Waals surface area contributed by atoms with Gasteiger partial charge >= 0.3 is 0 Å². The van der Waals surface area contributed by atoms with Crippen LogP contribution in [0.25, 0.3) is 27.8 Å². The zero-order valence-electron chi connectivity index (χ0n) is 20.4. The van der Waals surface area contributed by atoms with Gasteiger partial charge in [-0.1, -0.05) is 74.0 Å². The van der Waals surface area contributed by atoms with Crippen molar-refractivity contribution in [3.05, 3.63) is 102 Å². The van der Waals surface area contributed by atoms with Crippen LogP contribution < -0.4 is 0 Å². The molecule has 0 heterocycles. The van der Waals surface area contributed by atoms with Crippen molar-refractivity contribution < 1.29 is 13.2 Å². The Balaban J connectivity index is 1.51. The SMILES string of the molecule is C=CCCC1CC=C(c2ccc(-c3ccc(-c4ccc(CCCC)c(F)c4F)cc3)c(F)c2)CC1. The molecule has 1 atom stereocenters. The average Bonchev–Trinajstić information content (AvgIpc) is 2.89. The van der Waals surface area contributed by atoms with Gasteiger partial charge in [0, 0.05) is 11.1 Å². The van der Waals surface area contributed by atoms with E-state index in [9.17, 15) is 8.78 Å². The predicted octanol–water partition coefficient (Wildman–Crippen LogP) is 9.93. The van der Waals surface area contributed by atoms with Crippen LogP contribution >= 0.6 is 0 Å². The first-order valence-electron chi connectivity index (χ1n) is 12.7. The number of rotatable bonds is 9. The molecule has 4 rings (SSSR count). The third-order valence-electron chi connectivity index (χ3n) is 7.11. The molecule has 0 fully saturated rings. The number of benzene rings is 3. The molecule has 0 N–H and O–H groups in total. The molecule has 0 saturated heterocycles. The maximum atomic E-state index is 15.1. The van der Waals surface area contributed by atoms with Gasteiger partial charge in [0.2, 0.25) is 0 Å². The topological polar surface area (TPSA) is 0 Å². The fraction of sp³-hybridized carbons (Fsp3) is 0.312. The Hall–Kier alpha value is -3.07. The van der Waals surface area contributed by atoms with Gasteiger partial charge in [0.15, 0.2) is 11.6 Å². The highest BCUT2D eigenvalue weighted by atomic mass is 19.2. The summed E-state index contributed by atoms with van der Waals surface area (Å²) in [4.78, 5) is 0. The molecule has 1 aliphatic carbocycles. The number of hydrogen-bond donors (Lipinski definition) is 0. The quantitative estimate of drug-likeness (QED) is 0.271. The van der Waals surface area contributed by atoms with Crippen molar-refractivity contribution in [3.8, 4) is 22.3 Å². The summed E-state index contributed by atoms with van der Waals surface area (Å²) in [5.74, 6) is -1.19. The molecule has 3 aromatic rings. The van der Waals surface area contributed by atoms with E-state index in [-0.39, 0.29) is 11.4 Å². The second-order valence-corrected chi connectivity index (χ2v) is 9.51. The van der Waals surface area contributed by atoms with Crippen molar-refractivity contribution >= 4 is 5.57 Å². The summed E-state index contributed by atoms with van der Waals surface area (Å²) in [6.45, 7) is 5.82. The number of unbranched alkanes of at least 4 members (excludes halogenated alkanes) is 1. The van der Waals surface area contributed by atoms with E-state index in [4.69, 9.17) is 0 Å². The lowest BCUT2D eigenvalue weighted by Gasteiger charge is -2.22. The number of halogens is 3. The normalized spacial score (nSPS) is 15.7. The Morgan fingerprint density at radius 3 is 2.20 bits per heavy atom. The fourth-order valence-electron chi connectivity index (χ4n) is 4.92. The Bertz CT molecular complexity index is 1200. The highest BCUT2D eigenvalue weighted by Crippen LogP contribution is 2.35. The summed E-state index contributed by atoms with van der Waals surface area (Å²) in [6, 6.07) is 15.7. The number of hydrogen-bond acceptors (Lipinski definition) is 0. The lowest BCUT2D eigenvalue weighted by molar-refractivity contribution is 0.454. The molecule has 0 amide bonds. The highest BCUT2D eigenvalue weighted by molar-refractivity contribution is 5.74. The maximum Gasteiger partial charge on any atom is 0.166 e. The number of aryl methyl sites for hydroxylation is 1. The van der Waals surface area contributed by atoms with Gasteiger partial charge in [-0.05, 0) is 84.8 Å². The molecular weight excluding hydrogens is 441 g/mol. The van der Waals surface area contributed by atoms with Crippen LogP contribution in [-0.2, 0) is 6.42 Å². The fourth-order valence-corrected chi connectivity index (χ4v) is 4.92. The molecule has 0 nitrogen and oxygen atoms in total. The van der Waals surface area contributed by atoms with Crippen LogP contribution in [0, 0.1) is 23.4 Å². The van der Waals surface area contributed by atoms with E-state index < -0.39 is 11.6 Å². The summed E-state index contributed by atoms with van der Waals surface area (Å²) >= 11 is 0. The summed E-state index contributed by atoms with van der Waals surface area (Å²) in [5.41, 5.74) is 4.56. The maximum absolute atomic E-state index is 15.1. The first kappa shape index (κ1) is 25.0. The van der Waals surface area contributed by atoms with Gasteiger partial charge in [0.05, 0.1) is 0 Å². The van der Waals surface area contributed by atoms with Gasteiger partial charge in [-0.15, -0.1) is 6.58 Å². The Morgan fingerprint density at radius 2 is 1.57 bits per heavy atom. The van der Waals surface area contributed by atoms with Crippen LogP contribution in [0.15, 0.2) is 73.3 Å². The monoisotopic (exact) mass is 474 g/mol. The van der Waals surface area contributed by atoms with E-state index in [1.165, 1.54) is 5.57 Å². The smallest absolute Gasteiger partial charge is 0.166 e. The Labute approximate surface area is 207 Å². The minimum Gasteiger partial charge on any atom is -0.206 e. The van der Waals surface area contributed by atoms with Gasteiger partial charge in [0.1, 0.15) is 5.82 Å². The lowest BCUT2D eigenvalue weighted by atomic mass is 9.84. The van der Waals surface area contributed by atoms with Crippen molar-refractivity contribution in [1.29, 1.82) is 0 Å². The van der Waals surface area contributed by atoms with Crippen molar-refractivity contribution in [2.24, 2.45) is 5.92 Å². The first-order chi connectivity index (χ1) is 17.0. The Morgan fingerprint density at radius 1 is 0.886 bits per heavy atom. The summed E-state index contributed by atoms with van der Waals surface area (Å²) in [6.07, 6.45) is 11.8. The van der Waals surface area contributed by atoms with Crippen molar-refractivity contribution in [3.63, 3.8) is 0 Å². The molecule has 3 heteroatoms. The van der Waals surface area contributed by atoms with Gasteiger partial charge in [-0.3, -0.25) is 0 Å². The summed E-state index contributed by atoms with van der Waals surface area (Å²) in [7, 11) is 0. The van der Waals surface area contributed by atoms with E-state index in [1.807, 2.05) is 25.1 Å². The van der Waals surface area contributed by atoms with E-state index in [1.54, 1.807) is 42.5 Å². The van der Waals surface area contributed by atoms with Crippen LogP contribution in [0.3, 0.4) is 0 Å². The van der Waals surface area contributed by atoms with E-state index in [0.717, 1.165) is 50.5 Å². The second-order valence-electron chi connectivity index (χ2n) is 9.51. The molecule has 1 unspecified atom stereocenters. The predicted molar refractivity (Wildman–Crippen MR) is 141 cm³/mol. The van der Waals surface area contributed by atoms with Crippen LogP contribution in [-0.4, -0.2) is 0 Å². The molecule has 0 aromatic heterocycles. The van der Waals surface area contributed by atoms with Gasteiger partial charge in [0.25, 0.3) is 0 Å². The molecule has 35 heavy (non-hydrogen) atoms. The van der Waals surface area contributed by atoms with Crippen LogP contribution in [0.5, 0.6) is 0 Å². The largest absolute Gasteiger partial charge is 0.206 e. The zero-order valence-corrected chi connectivity index (χ0v) is 20.4. The van der Waals surface area contributed by atoms with E-state index in [2.05, 4.69) is 12.7 Å². The molecule has 1 aliphatic rings. The molecule has 0 bridgehead atoms. The molecule has 0 aliphatic heterocycles. The summed E-state index contributed by atoms with van der Waals surface area (Å²) in [5, 5.41) is 0. The van der Waals surface area contributed by atoms with Crippen molar-refractivity contribution in [1.82, 2.24) is 0 Å². The molecule has 0 saturated carbocycles. The molecule has 0 radical (unpaired) electrons. The Kier molecular flexibility index (Phi) is 8.28. The van der Waals surface area contributed by atoms with Crippen LogP contribution in [0.1, 0.15) is 63.0 Å². The second kappa shape index (κ2) is 11.6. The molecule has 182 valence electrons. The lowest BCUT2D eigenvalue weighted by Crippen LogP contribution is -2.05. The molecular formula is C32H33F3. The molecule has 3 aromatic carbocycles. The van der Waals surface area contributed by atoms with E-state index in [0.29, 0.717) is 34.6 Å². The third-order valence-corrected chi connectivity index (χ3v) is 7.11. The highest BCUT2D eigenvalue weighted by Gasteiger charge is 2.17. The van der Waals surface area contributed by atoms with E-state index >= 15 is 4.39 Å². The van der Waals surface area contributed by atoms with Crippen molar-refractivity contribution in [2.75, 3.05) is 0 Å². The zero-order chi connectivity index (χ0) is 24.8. The van der Waals surface area contributed by atoms with Crippen LogP contribution in [0.4, 0.5) is 13.2 Å². The van der Waals surface area contributed by atoms with Crippen LogP contribution in [0.2, 0.25) is 0 Å².